The number of hydrogen-bond acceptors (Lipinski definition) is 2. The summed E-state index contributed by atoms with van der Waals surface area (Å²) < 4.78 is 0. The molecule has 104 valence electrons. The lowest BCUT2D eigenvalue weighted by atomic mass is 10.2. The molecule has 3 N–H and O–H groups in total. The first-order valence-corrected chi connectivity index (χ1v) is 6.31. The highest BCUT2D eigenvalue weighted by atomic mass is 35.5. The highest BCUT2D eigenvalue weighted by Gasteiger charge is 2.10. The number of amides is 2. The van der Waals surface area contributed by atoms with Crippen LogP contribution in [0, 0.1) is 6.92 Å². The molecule has 0 spiro atoms. The Hall–Kier alpha value is -1.75. The number of aliphatic carboxylic acids is 1. The van der Waals surface area contributed by atoms with Crippen LogP contribution < -0.4 is 10.6 Å². The van der Waals surface area contributed by atoms with E-state index in [2.05, 4.69) is 10.6 Å². The molecule has 5 nitrogen and oxygen atoms in total. The van der Waals surface area contributed by atoms with Crippen LogP contribution in [0.3, 0.4) is 0 Å². The Labute approximate surface area is 117 Å². The van der Waals surface area contributed by atoms with Gasteiger partial charge in [-0.25, -0.2) is 4.79 Å². The lowest BCUT2D eigenvalue weighted by Crippen LogP contribution is -2.36. The van der Waals surface area contributed by atoms with E-state index in [-0.39, 0.29) is 12.5 Å². The third-order valence-electron chi connectivity index (χ3n) is 2.54. The average molecular weight is 285 g/mol. The van der Waals surface area contributed by atoms with E-state index in [4.69, 9.17) is 16.7 Å². The van der Waals surface area contributed by atoms with Crippen LogP contribution >= 0.6 is 11.6 Å². The summed E-state index contributed by atoms with van der Waals surface area (Å²) in [4.78, 5) is 22.1. The molecule has 0 aliphatic heterocycles. The topological polar surface area (TPSA) is 78.4 Å². The Morgan fingerprint density at radius 1 is 1.42 bits per heavy atom. The third kappa shape index (κ3) is 5.61. The summed E-state index contributed by atoms with van der Waals surface area (Å²) >= 11 is 5.99. The van der Waals surface area contributed by atoms with Crippen LogP contribution in [0.4, 0.5) is 10.5 Å². The summed E-state index contributed by atoms with van der Waals surface area (Å²) in [6.07, 6.45) is 0.400. The van der Waals surface area contributed by atoms with E-state index in [1.54, 1.807) is 19.1 Å². The summed E-state index contributed by atoms with van der Waals surface area (Å²) in [7, 11) is 0. The monoisotopic (exact) mass is 284 g/mol. The van der Waals surface area contributed by atoms with Crippen molar-refractivity contribution in [3.8, 4) is 0 Å². The fourth-order valence-electron chi connectivity index (χ4n) is 1.52. The molecule has 0 aromatic heterocycles. The van der Waals surface area contributed by atoms with Gasteiger partial charge in [-0.2, -0.15) is 0 Å². The Morgan fingerprint density at radius 2 is 2.11 bits per heavy atom. The summed E-state index contributed by atoms with van der Waals surface area (Å²) in [5.41, 5.74) is 1.53. The number of nitrogens with one attached hydrogen (secondary N) is 2. The Balaban J connectivity index is 2.48. The average Bonchev–Trinajstić information content (AvgIpc) is 2.30. The molecular formula is C13H17ClN2O3. The largest absolute Gasteiger partial charge is 0.481 e. The predicted molar refractivity (Wildman–Crippen MR) is 74.7 cm³/mol. The van der Waals surface area contributed by atoms with Crippen molar-refractivity contribution in [2.75, 3.05) is 5.32 Å². The van der Waals surface area contributed by atoms with Gasteiger partial charge in [0.15, 0.2) is 0 Å². The van der Waals surface area contributed by atoms with Crippen LogP contribution in [0.1, 0.15) is 25.3 Å². The molecule has 0 saturated heterocycles. The zero-order valence-electron chi connectivity index (χ0n) is 10.9. The minimum absolute atomic E-state index is 0.0206. The van der Waals surface area contributed by atoms with Crippen LogP contribution in [-0.2, 0) is 4.79 Å². The van der Waals surface area contributed by atoms with Gasteiger partial charge in [0, 0.05) is 12.5 Å². The van der Waals surface area contributed by atoms with Crippen molar-refractivity contribution in [3.05, 3.63) is 28.8 Å². The summed E-state index contributed by atoms with van der Waals surface area (Å²) in [6.45, 7) is 3.66. The SMILES string of the molecule is Cc1ccc(NC(=O)NC(C)CCC(=O)O)c(Cl)c1. The Kier molecular flexibility index (Phi) is 5.63. The number of benzene rings is 1. The lowest BCUT2D eigenvalue weighted by molar-refractivity contribution is -0.137. The zero-order chi connectivity index (χ0) is 14.4. The molecule has 0 bridgehead atoms. The molecule has 1 aromatic rings. The standard InChI is InChI=1S/C13H17ClN2O3/c1-8-3-5-11(10(14)7-8)16-13(19)15-9(2)4-6-12(17)18/h3,5,7,9H,4,6H2,1-2H3,(H,17,18)(H2,15,16,19). The fraction of sp³-hybridized carbons (Fsp3) is 0.385. The predicted octanol–water partition coefficient (Wildman–Crippen LogP) is 3.02. The first kappa shape index (κ1) is 15.3. The first-order valence-electron chi connectivity index (χ1n) is 5.94. The number of carbonyl (C=O) groups excluding carboxylic acids is 1. The van der Waals surface area contributed by atoms with Crippen molar-refractivity contribution >= 4 is 29.3 Å². The number of aryl methyl sites for hydroxylation is 1. The molecule has 1 atom stereocenters. The van der Waals surface area contributed by atoms with Gasteiger partial charge in [0.05, 0.1) is 10.7 Å². The number of anilines is 1. The maximum absolute atomic E-state index is 11.7. The van der Waals surface area contributed by atoms with Gasteiger partial charge in [-0.3, -0.25) is 4.79 Å². The zero-order valence-corrected chi connectivity index (χ0v) is 11.6. The highest BCUT2D eigenvalue weighted by Crippen LogP contribution is 2.22. The number of carbonyl (C=O) groups is 2. The smallest absolute Gasteiger partial charge is 0.319 e. The fourth-order valence-corrected chi connectivity index (χ4v) is 1.80. The lowest BCUT2D eigenvalue weighted by Gasteiger charge is -2.14. The minimum Gasteiger partial charge on any atom is -0.481 e. The van der Waals surface area contributed by atoms with Gasteiger partial charge in [-0.15, -0.1) is 0 Å². The van der Waals surface area contributed by atoms with E-state index in [0.29, 0.717) is 17.1 Å². The van der Waals surface area contributed by atoms with E-state index in [1.165, 1.54) is 0 Å². The number of rotatable bonds is 5. The van der Waals surface area contributed by atoms with E-state index in [0.717, 1.165) is 5.56 Å². The van der Waals surface area contributed by atoms with E-state index >= 15 is 0 Å². The number of urea groups is 1. The Morgan fingerprint density at radius 3 is 2.68 bits per heavy atom. The molecule has 0 heterocycles. The van der Waals surface area contributed by atoms with Crippen LogP contribution in [0.5, 0.6) is 0 Å². The Bertz CT molecular complexity index is 477. The molecule has 0 radical (unpaired) electrons. The number of halogens is 1. The molecule has 0 aliphatic rings. The molecular weight excluding hydrogens is 268 g/mol. The van der Waals surface area contributed by atoms with Gasteiger partial charge in [0.25, 0.3) is 0 Å². The van der Waals surface area contributed by atoms with Crippen LogP contribution in [0.15, 0.2) is 18.2 Å². The first-order chi connectivity index (χ1) is 8.88. The molecule has 1 aromatic carbocycles. The van der Waals surface area contributed by atoms with Gasteiger partial charge in [-0.05, 0) is 38.0 Å². The van der Waals surface area contributed by atoms with Crippen molar-refractivity contribution in [2.24, 2.45) is 0 Å². The van der Waals surface area contributed by atoms with Crippen molar-refractivity contribution in [3.63, 3.8) is 0 Å². The normalized spacial score (nSPS) is 11.7. The molecule has 0 aliphatic carbocycles. The van der Waals surface area contributed by atoms with Gasteiger partial charge in [0.1, 0.15) is 0 Å². The maximum atomic E-state index is 11.7. The van der Waals surface area contributed by atoms with Crippen molar-refractivity contribution < 1.29 is 14.7 Å². The second-order valence-electron chi connectivity index (χ2n) is 4.42. The van der Waals surface area contributed by atoms with Crippen molar-refractivity contribution in [2.45, 2.75) is 32.7 Å². The van der Waals surface area contributed by atoms with Crippen molar-refractivity contribution in [1.82, 2.24) is 5.32 Å². The van der Waals surface area contributed by atoms with Crippen LogP contribution in [-0.4, -0.2) is 23.1 Å². The van der Waals surface area contributed by atoms with E-state index in [9.17, 15) is 9.59 Å². The summed E-state index contributed by atoms with van der Waals surface area (Å²) in [5, 5.41) is 14.3. The van der Waals surface area contributed by atoms with Gasteiger partial charge < -0.3 is 15.7 Å². The molecule has 1 unspecified atom stereocenters. The molecule has 0 fully saturated rings. The quantitative estimate of drug-likeness (QED) is 0.777. The number of carboxylic acids is 1. The van der Waals surface area contributed by atoms with Gasteiger partial charge in [0.2, 0.25) is 0 Å². The summed E-state index contributed by atoms with van der Waals surface area (Å²) in [6, 6.07) is 4.70. The molecule has 1 rings (SSSR count). The van der Waals surface area contributed by atoms with Crippen LogP contribution in [0.2, 0.25) is 5.02 Å². The second kappa shape index (κ2) is 6.99. The van der Waals surface area contributed by atoms with Gasteiger partial charge >= 0.3 is 12.0 Å². The van der Waals surface area contributed by atoms with E-state index in [1.807, 2.05) is 13.0 Å². The van der Waals surface area contributed by atoms with Crippen LogP contribution in [0.25, 0.3) is 0 Å². The maximum Gasteiger partial charge on any atom is 0.319 e. The number of carboxylic acid groups (broad SMARTS) is 1. The third-order valence-corrected chi connectivity index (χ3v) is 2.85. The molecule has 19 heavy (non-hydrogen) atoms. The second-order valence-corrected chi connectivity index (χ2v) is 4.82. The number of hydrogen-bond donors (Lipinski definition) is 3. The molecule has 2 amide bonds. The molecule has 0 saturated carbocycles. The highest BCUT2D eigenvalue weighted by molar-refractivity contribution is 6.33. The van der Waals surface area contributed by atoms with Gasteiger partial charge in [-0.1, -0.05) is 17.7 Å². The van der Waals surface area contributed by atoms with Crippen molar-refractivity contribution in [1.29, 1.82) is 0 Å². The summed E-state index contributed by atoms with van der Waals surface area (Å²) in [5.74, 6) is -0.879. The van der Waals surface area contributed by atoms with E-state index < -0.39 is 12.0 Å². The minimum atomic E-state index is -0.879. The molecule has 6 heteroatoms.